The van der Waals surface area contributed by atoms with Gasteiger partial charge in [-0.15, -0.1) is 0 Å². The highest BCUT2D eigenvalue weighted by Gasteiger charge is 2.44. The van der Waals surface area contributed by atoms with Crippen molar-refractivity contribution in [2.45, 2.75) is 67.7 Å². The lowest BCUT2D eigenvalue weighted by Crippen LogP contribution is -2.24. The smallest absolute Gasteiger partial charge is 0.201 e. The van der Waals surface area contributed by atoms with Gasteiger partial charge in [0.1, 0.15) is 5.76 Å². The zero-order chi connectivity index (χ0) is 26.0. The van der Waals surface area contributed by atoms with Crippen LogP contribution in [0.15, 0.2) is 76.1 Å². The van der Waals surface area contributed by atoms with E-state index < -0.39 is 0 Å². The molecule has 0 aliphatic heterocycles. The summed E-state index contributed by atoms with van der Waals surface area (Å²) in [6.45, 7) is 17.5. The Morgan fingerprint density at radius 2 is 1.59 bits per heavy atom. The molecule has 194 valence electrons. The molecule has 3 N–H and O–H groups in total. The summed E-state index contributed by atoms with van der Waals surface area (Å²) in [4.78, 5) is 13.8. The molecule has 0 heterocycles. The van der Waals surface area contributed by atoms with E-state index in [1.807, 2.05) is 0 Å². The molecule has 2 atom stereocenters. The Balaban J connectivity index is 0.00000320. The maximum atomic E-state index is 13.8. The van der Waals surface area contributed by atoms with E-state index in [1.165, 1.54) is 27.8 Å². The predicted octanol–water partition coefficient (Wildman–Crippen LogP) is 7.98. The van der Waals surface area contributed by atoms with Crippen LogP contribution in [0, 0.1) is 31.6 Å². The van der Waals surface area contributed by atoms with Gasteiger partial charge in [0, 0.05) is 5.92 Å². The van der Waals surface area contributed by atoms with Gasteiger partial charge in [0.25, 0.3) is 0 Å². The Morgan fingerprint density at radius 3 is 2.22 bits per heavy atom. The molecule has 0 bridgehead atoms. The number of hydrogen-bond donors (Lipinski definition) is 1. The number of ketones is 1. The summed E-state index contributed by atoms with van der Waals surface area (Å²) in [6.07, 6.45) is 7.58. The van der Waals surface area contributed by atoms with Crippen molar-refractivity contribution in [3.05, 3.63) is 98.4 Å². The number of carbonyl (C=O) groups is 1. The molecule has 1 fully saturated rings. The summed E-state index contributed by atoms with van der Waals surface area (Å²) in [5.74, 6) is 1.49. The number of Topliss-reactive ketones (excluding diaryl/α,β-unsaturated/α-hetero) is 1. The Morgan fingerprint density at radius 1 is 0.892 bits per heavy atom. The van der Waals surface area contributed by atoms with E-state index in [2.05, 4.69) is 97.9 Å². The van der Waals surface area contributed by atoms with Crippen molar-refractivity contribution in [1.29, 1.82) is 0 Å². The summed E-state index contributed by atoms with van der Waals surface area (Å²) >= 11 is 0. The van der Waals surface area contributed by atoms with Crippen molar-refractivity contribution >= 4 is 11.4 Å². The van der Waals surface area contributed by atoms with E-state index in [0.29, 0.717) is 28.9 Å². The number of hydrogen-bond acceptors (Lipinski definition) is 2. The topological polar surface area (TPSA) is 68.8 Å². The van der Waals surface area contributed by atoms with Crippen LogP contribution < -0.4 is 0 Å². The second-order valence-electron chi connectivity index (χ2n) is 11.7. The van der Waals surface area contributed by atoms with Crippen LogP contribution in [0.25, 0.3) is 16.7 Å². The second kappa shape index (κ2) is 9.61. The molecule has 5 aliphatic rings. The molecule has 0 radical (unpaired) electrons. The van der Waals surface area contributed by atoms with Gasteiger partial charge in [-0.05, 0) is 95.5 Å². The van der Waals surface area contributed by atoms with Gasteiger partial charge >= 0.3 is 0 Å². The molecule has 3 nitrogen and oxygen atoms in total. The third kappa shape index (κ3) is 4.14. The van der Waals surface area contributed by atoms with Gasteiger partial charge in [0.2, 0.25) is 5.78 Å². The predicted molar refractivity (Wildman–Crippen MR) is 154 cm³/mol. The van der Waals surface area contributed by atoms with E-state index >= 15 is 0 Å². The van der Waals surface area contributed by atoms with Crippen molar-refractivity contribution in [1.82, 2.24) is 0 Å². The first kappa shape index (κ1) is 26.9. The summed E-state index contributed by atoms with van der Waals surface area (Å²) in [5, 5.41) is 11.4. The van der Waals surface area contributed by atoms with Crippen LogP contribution in [0.1, 0.15) is 76.1 Å². The molecule has 2 unspecified atom stereocenters. The molecule has 3 heteroatoms. The van der Waals surface area contributed by atoms with Crippen LogP contribution >= 0.6 is 0 Å². The second-order valence-corrected chi connectivity index (χ2v) is 11.7. The fourth-order valence-electron chi connectivity index (χ4n) is 6.33. The minimum absolute atomic E-state index is 0. The van der Waals surface area contributed by atoms with Crippen LogP contribution in [0.3, 0.4) is 0 Å². The normalized spacial score (nSPS) is 23.5. The maximum absolute atomic E-state index is 13.8. The van der Waals surface area contributed by atoms with Crippen molar-refractivity contribution in [2.75, 3.05) is 0 Å². The Kier molecular flexibility index (Phi) is 6.98. The van der Waals surface area contributed by atoms with Gasteiger partial charge in [-0.25, -0.2) is 0 Å². The maximum Gasteiger partial charge on any atom is 0.201 e. The number of fused-ring (bicyclic) bond motifs is 2. The van der Waals surface area contributed by atoms with Gasteiger partial charge in [-0.2, -0.15) is 0 Å². The quantitative estimate of drug-likeness (QED) is 0.438. The molecule has 1 saturated carbocycles. The van der Waals surface area contributed by atoms with Crippen LogP contribution in [-0.4, -0.2) is 16.4 Å². The lowest BCUT2D eigenvalue weighted by atomic mass is 9.76. The van der Waals surface area contributed by atoms with Gasteiger partial charge in [-0.3, -0.25) is 4.79 Å². The largest absolute Gasteiger partial charge is 0.506 e. The molecule has 5 rings (SSSR count). The first-order valence-corrected chi connectivity index (χ1v) is 13.4. The van der Waals surface area contributed by atoms with Crippen LogP contribution in [0.5, 0.6) is 0 Å². The van der Waals surface area contributed by atoms with E-state index in [1.54, 1.807) is 0 Å². The molecular weight excluding hydrogens is 456 g/mol. The number of carbonyl (C=O) groups excluding carboxylic acids is 1. The van der Waals surface area contributed by atoms with Crippen molar-refractivity contribution in [2.24, 2.45) is 17.8 Å². The Labute approximate surface area is 221 Å². The highest BCUT2D eigenvalue weighted by molar-refractivity contribution is 6.40. The van der Waals surface area contributed by atoms with Crippen molar-refractivity contribution in [3.63, 3.8) is 0 Å². The Bertz CT molecular complexity index is 1420. The molecule has 0 saturated heterocycles. The number of aryl methyl sites for hydroxylation is 2. The zero-order valence-corrected chi connectivity index (χ0v) is 23.4. The van der Waals surface area contributed by atoms with Gasteiger partial charge in [0.15, 0.2) is 0 Å². The monoisotopic (exact) mass is 496 g/mol. The first-order valence-electron chi connectivity index (χ1n) is 13.4. The summed E-state index contributed by atoms with van der Waals surface area (Å²) < 4.78 is 0. The number of rotatable bonds is 3. The lowest BCUT2D eigenvalue weighted by molar-refractivity contribution is -0.111. The highest BCUT2D eigenvalue weighted by atomic mass is 16.3. The summed E-state index contributed by atoms with van der Waals surface area (Å²) in [6, 6.07) is 8.67. The van der Waals surface area contributed by atoms with Crippen molar-refractivity contribution < 1.29 is 15.4 Å². The molecule has 0 spiro atoms. The van der Waals surface area contributed by atoms with Gasteiger partial charge in [-0.1, -0.05) is 82.2 Å². The number of aliphatic hydroxyl groups is 1. The molecule has 0 amide bonds. The average molecular weight is 497 g/mol. The van der Waals surface area contributed by atoms with Crippen molar-refractivity contribution in [3.8, 4) is 11.1 Å². The van der Waals surface area contributed by atoms with Gasteiger partial charge < -0.3 is 10.6 Å². The fraction of sp³-hybridized carbons (Fsp3) is 0.382. The Hall–Kier alpha value is -3.17. The zero-order valence-electron chi connectivity index (χ0n) is 23.4. The minimum Gasteiger partial charge on any atom is -0.506 e. The third-order valence-electron chi connectivity index (χ3n) is 8.51. The lowest BCUT2D eigenvalue weighted by Gasteiger charge is -2.27. The SMILES string of the molecule is CC1=CC=C(C(C)C)C=C2C(C)CC(=C3C(=O)C(c4cc(C)c5cc(C(C)C)ccc(C)c4-5)=C3O)C12.O. The molecule has 37 heavy (non-hydrogen) atoms. The summed E-state index contributed by atoms with van der Waals surface area (Å²) in [5.41, 5.74) is 12.7. The van der Waals surface area contributed by atoms with Crippen LogP contribution in [-0.2, 0) is 4.79 Å². The fourth-order valence-corrected chi connectivity index (χ4v) is 6.33. The standard InChI is InChI=1S/C34H38O2.H2O/c1-17(2)23-11-9-19(5)29-25(15-23)21(7)13-27(29)31-33(35)32(34(31)36)28-14-22(8)26-16-24(18(3)4)12-10-20(6)30(26)28;/h9-13,15-18,22,30,35H,14H2,1-8H3;1H2. The average Bonchev–Trinajstić information content (AvgIpc) is 3.11. The molecule has 0 aromatic heterocycles. The van der Waals surface area contributed by atoms with E-state index in [9.17, 15) is 9.90 Å². The molecule has 0 aromatic carbocycles. The number of allylic oxidation sites excluding steroid dienone is 9. The molecular formula is C34H40O3. The van der Waals surface area contributed by atoms with E-state index in [-0.39, 0.29) is 22.9 Å². The van der Waals surface area contributed by atoms with Gasteiger partial charge in [0.05, 0.1) is 11.1 Å². The van der Waals surface area contributed by atoms with Crippen LogP contribution in [0.2, 0.25) is 0 Å². The number of aliphatic hydroxyl groups excluding tert-OH is 1. The minimum atomic E-state index is -0.00747. The van der Waals surface area contributed by atoms with Crippen LogP contribution in [0.4, 0.5) is 0 Å². The van der Waals surface area contributed by atoms with E-state index in [0.717, 1.165) is 34.2 Å². The third-order valence-corrected chi connectivity index (χ3v) is 8.51. The van der Waals surface area contributed by atoms with E-state index in [4.69, 9.17) is 0 Å². The summed E-state index contributed by atoms with van der Waals surface area (Å²) in [7, 11) is 0. The highest BCUT2D eigenvalue weighted by Crippen LogP contribution is 2.53. The first-order chi connectivity index (χ1) is 17.0. The molecule has 0 aromatic rings. The molecule has 5 aliphatic carbocycles.